The van der Waals surface area contributed by atoms with Gasteiger partial charge in [0.15, 0.2) is 0 Å². The molecule has 0 bridgehead atoms. The summed E-state index contributed by atoms with van der Waals surface area (Å²) in [7, 11) is 0. The number of halogens is 2. The molecule has 0 N–H and O–H groups in total. The first-order valence-electron chi connectivity index (χ1n) is 8.61. The summed E-state index contributed by atoms with van der Waals surface area (Å²) < 4.78 is 4.77. The van der Waals surface area contributed by atoms with E-state index in [2.05, 4.69) is 102 Å². The molecule has 0 saturated heterocycles. The molecule has 0 saturated carbocycles. The van der Waals surface area contributed by atoms with Crippen molar-refractivity contribution in [2.45, 2.75) is 34.6 Å². The maximum absolute atomic E-state index is 3.41. The second-order valence-corrected chi connectivity index (χ2v) is 20.6. The van der Waals surface area contributed by atoms with Crippen LogP contribution < -0.4 is 6.54 Å². The van der Waals surface area contributed by atoms with Crippen molar-refractivity contribution in [1.29, 1.82) is 0 Å². The third-order valence-corrected chi connectivity index (χ3v) is 22.1. The Morgan fingerprint density at radius 3 is 1.38 bits per heavy atom. The maximum atomic E-state index is 3.41. The van der Waals surface area contributed by atoms with Gasteiger partial charge >= 0.3 is 153 Å². The summed E-state index contributed by atoms with van der Waals surface area (Å²) in [6, 6.07) is 22.4. The molecule has 0 aliphatic heterocycles. The normalized spacial score (nSPS) is 16.2. The molecule has 0 nitrogen and oxygen atoms in total. The van der Waals surface area contributed by atoms with Crippen molar-refractivity contribution < 1.29 is 19.7 Å². The summed E-state index contributed by atoms with van der Waals surface area (Å²) in [5, 5.41) is 0. The van der Waals surface area contributed by atoms with E-state index in [1.165, 1.54) is 23.3 Å². The van der Waals surface area contributed by atoms with E-state index in [1.54, 1.807) is 3.28 Å². The van der Waals surface area contributed by atoms with Gasteiger partial charge in [0.1, 0.15) is 0 Å². The van der Waals surface area contributed by atoms with Crippen molar-refractivity contribution in [2.75, 3.05) is 0 Å². The Kier molecular flexibility index (Phi) is 8.14. The van der Waals surface area contributed by atoms with E-state index in [4.69, 9.17) is 0 Å². The predicted molar refractivity (Wildman–Crippen MR) is 121 cm³/mol. The Morgan fingerprint density at radius 2 is 1.08 bits per heavy atom. The number of benzene rings is 2. The SMILES string of the molecule is CC1=C(C)C(C)(C)[C]([Zr]([PH2])([c]2ccccc2)[c]2ccccc2)=C1C.Cl.Cl. The fraction of sp³-hybridized carbons (Fsp3) is 0.273. The quantitative estimate of drug-likeness (QED) is 0.462. The molecule has 2 aromatic carbocycles. The van der Waals surface area contributed by atoms with E-state index in [1.807, 2.05) is 0 Å². The molecule has 26 heavy (non-hydrogen) atoms. The molecule has 0 spiro atoms. The topological polar surface area (TPSA) is 0 Å². The fourth-order valence-corrected chi connectivity index (χ4v) is 20.5. The zero-order valence-corrected chi connectivity index (χ0v) is 21.4. The van der Waals surface area contributed by atoms with Gasteiger partial charge in [0.2, 0.25) is 0 Å². The minimum Gasteiger partial charge on any atom is -0.147 e. The van der Waals surface area contributed by atoms with Crippen LogP contribution in [0.5, 0.6) is 0 Å². The molecule has 1 atom stereocenters. The van der Waals surface area contributed by atoms with Crippen molar-refractivity contribution in [3.05, 3.63) is 80.7 Å². The van der Waals surface area contributed by atoms with Gasteiger partial charge in [0.25, 0.3) is 0 Å². The van der Waals surface area contributed by atoms with E-state index >= 15 is 0 Å². The zero-order chi connectivity index (χ0) is 17.5. The van der Waals surface area contributed by atoms with Crippen molar-refractivity contribution in [3.63, 3.8) is 0 Å². The van der Waals surface area contributed by atoms with Crippen molar-refractivity contribution in [1.82, 2.24) is 0 Å². The van der Waals surface area contributed by atoms with Gasteiger partial charge < -0.3 is 0 Å². The molecule has 3 rings (SSSR count). The van der Waals surface area contributed by atoms with Crippen LogP contribution in [0, 0.1) is 5.41 Å². The minimum absolute atomic E-state index is 0. The van der Waals surface area contributed by atoms with Gasteiger partial charge in [0, 0.05) is 0 Å². The van der Waals surface area contributed by atoms with Crippen LogP contribution in [0.1, 0.15) is 34.6 Å². The van der Waals surface area contributed by atoms with Crippen LogP contribution in [0.3, 0.4) is 0 Å². The molecule has 1 aliphatic rings. The Labute approximate surface area is 177 Å². The Balaban J connectivity index is 0.00000169. The first-order valence-corrected chi connectivity index (χ1v) is 17.1. The third kappa shape index (κ3) is 3.71. The number of rotatable bonds is 3. The van der Waals surface area contributed by atoms with Crippen LogP contribution in [0.15, 0.2) is 80.7 Å². The van der Waals surface area contributed by atoms with Crippen molar-refractivity contribution in [3.8, 4) is 0 Å². The summed E-state index contributed by atoms with van der Waals surface area (Å²) in [5.41, 5.74) is 4.68. The Bertz CT molecular complexity index is 784. The molecule has 0 fully saturated rings. The van der Waals surface area contributed by atoms with E-state index in [0.717, 1.165) is 0 Å². The van der Waals surface area contributed by atoms with Crippen molar-refractivity contribution in [2.24, 2.45) is 5.41 Å². The van der Waals surface area contributed by atoms with Crippen LogP contribution >= 0.6 is 31.3 Å². The fourth-order valence-electron chi connectivity index (χ4n) is 4.24. The zero-order valence-electron chi connectivity index (χ0n) is 16.2. The predicted octanol–water partition coefficient (Wildman–Crippen LogP) is 6.08. The van der Waals surface area contributed by atoms with Crippen molar-refractivity contribution >= 4 is 37.9 Å². The smallest absolute Gasteiger partial charge is 0.147 e. The van der Waals surface area contributed by atoms with E-state index in [9.17, 15) is 0 Å². The van der Waals surface area contributed by atoms with Crippen LogP contribution in [-0.4, -0.2) is 0 Å². The number of hydrogen-bond acceptors (Lipinski definition) is 0. The maximum Gasteiger partial charge on any atom is -0.147 e. The standard InChI is InChI=1S/C10H15.2C6H5.2ClH.H2P.Zr/c1-7-6-10(4,5)9(3)8(7)2;2*1-2-4-6-5-3-1;;;;/h1-5H3;2*1-5H;2*1H;1H2;/q;;;;;-1;+1. The summed E-state index contributed by atoms with van der Waals surface area (Å²) in [4.78, 5) is 0. The van der Waals surface area contributed by atoms with Gasteiger partial charge in [-0.2, -0.15) is 0 Å². The van der Waals surface area contributed by atoms with Gasteiger partial charge in [-0.05, 0) is 0 Å². The molecule has 4 heteroatoms. The second kappa shape index (κ2) is 8.88. The van der Waals surface area contributed by atoms with E-state index < -0.39 is 19.7 Å². The molecule has 140 valence electrons. The molecular weight excluding hydrogens is 457 g/mol. The molecule has 0 heterocycles. The average molecular weight is 487 g/mol. The summed E-state index contributed by atoms with van der Waals surface area (Å²) in [6.45, 7) is 15.2. The number of hydrogen-bond donors (Lipinski definition) is 0. The second-order valence-electron chi connectivity index (χ2n) is 7.42. The van der Waals surface area contributed by atoms with Gasteiger partial charge in [-0.1, -0.05) is 0 Å². The Morgan fingerprint density at radius 1 is 0.692 bits per heavy atom. The summed E-state index contributed by atoms with van der Waals surface area (Å²) >= 11 is -3.06. The Hall–Kier alpha value is -0.187. The monoisotopic (exact) mass is 484 g/mol. The summed E-state index contributed by atoms with van der Waals surface area (Å²) in [6.07, 6.45) is 0. The molecule has 1 unspecified atom stereocenters. The largest absolute Gasteiger partial charge is 0.147 e. The first-order chi connectivity index (χ1) is 11.3. The molecular formula is C22H29Cl2PZr. The molecule has 0 radical (unpaired) electrons. The van der Waals surface area contributed by atoms with Gasteiger partial charge in [0.05, 0.1) is 0 Å². The molecule has 0 amide bonds. The van der Waals surface area contributed by atoms with Crippen LogP contribution in [0.2, 0.25) is 0 Å². The average Bonchev–Trinajstić information content (AvgIpc) is 2.76. The summed E-state index contributed by atoms with van der Waals surface area (Å²) in [5.74, 6) is 0. The van der Waals surface area contributed by atoms with Gasteiger partial charge in [-0.15, -0.1) is 24.8 Å². The third-order valence-electron chi connectivity index (χ3n) is 5.92. The van der Waals surface area contributed by atoms with Crippen LogP contribution in [0.25, 0.3) is 0 Å². The molecule has 1 aliphatic carbocycles. The van der Waals surface area contributed by atoms with Gasteiger partial charge in [-0.25, -0.2) is 0 Å². The van der Waals surface area contributed by atoms with Crippen LogP contribution in [0.4, 0.5) is 0 Å². The van der Waals surface area contributed by atoms with Gasteiger partial charge in [-0.3, -0.25) is 0 Å². The first kappa shape index (κ1) is 23.9. The number of allylic oxidation sites excluding steroid dienone is 4. The van der Waals surface area contributed by atoms with E-state index in [0.29, 0.717) is 0 Å². The van der Waals surface area contributed by atoms with Crippen LogP contribution in [-0.2, 0) is 19.7 Å². The minimum atomic E-state index is -3.06. The molecule has 0 aromatic heterocycles. The van der Waals surface area contributed by atoms with E-state index in [-0.39, 0.29) is 30.2 Å². The molecule has 2 aromatic rings.